The summed E-state index contributed by atoms with van der Waals surface area (Å²) in [6.45, 7) is 2.08. The van der Waals surface area contributed by atoms with Gasteiger partial charge in [0.2, 0.25) is 0 Å². The first kappa shape index (κ1) is 15.8. The molecule has 0 saturated carbocycles. The average molecular weight is 321 g/mol. The first-order valence-corrected chi connectivity index (χ1v) is 7.68. The van der Waals surface area contributed by atoms with Crippen LogP contribution in [0.3, 0.4) is 0 Å². The van der Waals surface area contributed by atoms with Crippen molar-refractivity contribution in [2.24, 2.45) is 0 Å². The molecule has 3 rings (SSSR count). The SMILES string of the molecule is COc1cc(-c2cncc(NC(C)c3ccccc3)n2)ccc1O. The molecule has 1 aromatic heterocycles. The third-order valence-electron chi connectivity index (χ3n) is 3.77. The normalized spacial score (nSPS) is 11.8. The van der Waals surface area contributed by atoms with Crippen LogP contribution in [0.15, 0.2) is 60.9 Å². The molecule has 0 spiro atoms. The van der Waals surface area contributed by atoms with E-state index in [9.17, 15) is 5.11 Å². The van der Waals surface area contributed by atoms with Crippen molar-refractivity contribution in [3.05, 3.63) is 66.5 Å². The molecule has 0 amide bonds. The molecule has 0 aliphatic heterocycles. The third kappa shape index (κ3) is 3.46. The van der Waals surface area contributed by atoms with E-state index < -0.39 is 0 Å². The Bertz CT molecular complexity index is 822. The molecule has 0 aliphatic carbocycles. The molecule has 2 N–H and O–H groups in total. The number of nitrogens with one attached hydrogen (secondary N) is 1. The van der Waals surface area contributed by atoms with E-state index in [1.807, 2.05) is 18.2 Å². The quantitative estimate of drug-likeness (QED) is 0.742. The Kier molecular flexibility index (Phi) is 4.61. The lowest BCUT2D eigenvalue weighted by Crippen LogP contribution is -2.08. The molecule has 5 heteroatoms. The van der Waals surface area contributed by atoms with Gasteiger partial charge in [0.1, 0.15) is 5.82 Å². The van der Waals surface area contributed by atoms with E-state index in [2.05, 4.69) is 34.3 Å². The molecule has 122 valence electrons. The van der Waals surface area contributed by atoms with Crippen molar-refractivity contribution in [3.8, 4) is 22.8 Å². The maximum atomic E-state index is 9.71. The van der Waals surface area contributed by atoms with Crippen LogP contribution in [-0.2, 0) is 0 Å². The highest BCUT2D eigenvalue weighted by atomic mass is 16.5. The Morgan fingerprint density at radius 3 is 2.62 bits per heavy atom. The van der Waals surface area contributed by atoms with Crippen molar-refractivity contribution >= 4 is 5.82 Å². The van der Waals surface area contributed by atoms with Gasteiger partial charge in [-0.3, -0.25) is 4.98 Å². The first-order valence-electron chi connectivity index (χ1n) is 7.68. The topological polar surface area (TPSA) is 67.3 Å². The van der Waals surface area contributed by atoms with Crippen molar-refractivity contribution in [1.82, 2.24) is 9.97 Å². The maximum Gasteiger partial charge on any atom is 0.161 e. The Morgan fingerprint density at radius 2 is 1.88 bits per heavy atom. The second kappa shape index (κ2) is 7.00. The molecular weight excluding hydrogens is 302 g/mol. The van der Waals surface area contributed by atoms with Crippen LogP contribution in [0.1, 0.15) is 18.5 Å². The van der Waals surface area contributed by atoms with Crippen LogP contribution in [0.5, 0.6) is 11.5 Å². The van der Waals surface area contributed by atoms with Gasteiger partial charge >= 0.3 is 0 Å². The number of hydrogen-bond donors (Lipinski definition) is 2. The summed E-state index contributed by atoms with van der Waals surface area (Å²) in [5.74, 6) is 1.20. The Hall–Kier alpha value is -3.08. The Balaban J connectivity index is 1.84. The lowest BCUT2D eigenvalue weighted by atomic mass is 10.1. The van der Waals surface area contributed by atoms with E-state index in [0.717, 1.165) is 5.56 Å². The van der Waals surface area contributed by atoms with Crippen LogP contribution in [0.4, 0.5) is 5.82 Å². The molecule has 0 fully saturated rings. The molecule has 24 heavy (non-hydrogen) atoms. The maximum absolute atomic E-state index is 9.71. The summed E-state index contributed by atoms with van der Waals surface area (Å²) in [4.78, 5) is 8.86. The van der Waals surface area contributed by atoms with Crippen molar-refractivity contribution in [2.45, 2.75) is 13.0 Å². The fourth-order valence-corrected chi connectivity index (χ4v) is 2.46. The van der Waals surface area contributed by atoms with Gasteiger partial charge in [0.25, 0.3) is 0 Å². The minimum Gasteiger partial charge on any atom is -0.504 e. The summed E-state index contributed by atoms with van der Waals surface area (Å²) in [6.07, 6.45) is 3.38. The van der Waals surface area contributed by atoms with Gasteiger partial charge < -0.3 is 15.2 Å². The summed E-state index contributed by atoms with van der Waals surface area (Å²) in [5.41, 5.74) is 2.71. The average Bonchev–Trinajstić information content (AvgIpc) is 2.63. The zero-order valence-electron chi connectivity index (χ0n) is 13.6. The van der Waals surface area contributed by atoms with Crippen LogP contribution in [-0.4, -0.2) is 22.2 Å². The second-order valence-corrected chi connectivity index (χ2v) is 5.45. The third-order valence-corrected chi connectivity index (χ3v) is 3.77. The highest BCUT2D eigenvalue weighted by molar-refractivity contribution is 5.64. The van der Waals surface area contributed by atoms with E-state index in [4.69, 9.17) is 4.74 Å². The molecule has 0 saturated heterocycles. The number of phenols is 1. The van der Waals surface area contributed by atoms with E-state index in [1.54, 1.807) is 30.6 Å². The van der Waals surface area contributed by atoms with Gasteiger partial charge in [-0.05, 0) is 30.7 Å². The van der Waals surface area contributed by atoms with Crippen molar-refractivity contribution in [1.29, 1.82) is 0 Å². The number of anilines is 1. The van der Waals surface area contributed by atoms with Gasteiger partial charge in [-0.2, -0.15) is 0 Å². The molecule has 0 bridgehead atoms. The molecule has 0 radical (unpaired) electrons. The van der Waals surface area contributed by atoms with Gasteiger partial charge in [-0.1, -0.05) is 30.3 Å². The standard InChI is InChI=1S/C19H19N3O2/c1-13(14-6-4-3-5-7-14)21-19-12-20-11-16(22-19)15-8-9-17(23)18(10-15)24-2/h3-13,23H,1-2H3,(H,21,22). The molecule has 0 aliphatic rings. The highest BCUT2D eigenvalue weighted by Gasteiger charge is 2.09. The minimum atomic E-state index is 0.0983. The van der Waals surface area contributed by atoms with Crippen LogP contribution in [0.25, 0.3) is 11.3 Å². The summed E-state index contributed by atoms with van der Waals surface area (Å²) in [5, 5.41) is 13.1. The van der Waals surface area contributed by atoms with E-state index in [0.29, 0.717) is 17.3 Å². The van der Waals surface area contributed by atoms with Gasteiger partial charge in [0.05, 0.1) is 25.2 Å². The van der Waals surface area contributed by atoms with E-state index in [1.165, 1.54) is 12.7 Å². The predicted molar refractivity (Wildman–Crippen MR) is 94.2 cm³/mol. The van der Waals surface area contributed by atoms with Crippen molar-refractivity contribution in [3.63, 3.8) is 0 Å². The number of rotatable bonds is 5. The lowest BCUT2D eigenvalue weighted by Gasteiger charge is -2.15. The number of benzene rings is 2. The van der Waals surface area contributed by atoms with Gasteiger partial charge in [-0.25, -0.2) is 4.98 Å². The smallest absolute Gasteiger partial charge is 0.161 e. The summed E-state index contributed by atoms with van der Waals surface area (Å²) < 4.78 is 5.15. The van der Waals surface area contributed by atoms with Crippen molar-refractivity contribution < 1.29 is 9.84 Å². The fourth-order valence-electron chi connectivity index (χ4n) is 2.46. The first-order chi connectivity index (χ1) is 11.7. The van der Waals surface area contributed by atoms with E-state index >= 15 is 0 Å². The second-order valence-electron chi connectivity index (χ2n) is 5.45. The summed E-state index contributed by atoms with van der Waals surface area (Å²) >= 11 is 0. The lowest BCUT2D eigenvalue weighted by molar-refractivity contribution is 0.373. The largest absolute Gasteiger partial charge is 0.504 e. The Morgan fingerprint density at radius 1 is 1.08 bits per heavy atom. The molecule has 1 heterocycles. The summed E-state index contributed by atoms with van der Waals surface area (Å²) in [6, 6.07) is 15.4. The van der Waals surface area contributed by atoms with Crippen LogP contribution in [0.2, 0.25) is 0 Å². The number of nitrogens with zero attached hydrogens (tertiary/aromatic N) is 2. The van der Waals surface area contributed by atoms with Gasteiger partial charge in [-0.15, -0.1) is 0 Å². The van der Waals surface area contributed by atoms with Gasteiger partial charge in [0, 0.05) is 11.6 Å². The minimum absolute atomic E-state index is 0.0983. The molecular formula is C19H19N3O2. The molecule has 2 aromatic carbocycles. The van der Waals surface area contributed by atoms with Crippen LogP contribution >= 0.6 is 0 Å². The Labute approximate surface area is 141 Å². The number of ether oxygens (including phenoxy) is 1. The molecule has 3 aromatic rings. The van der Waals surface area contributed by atoms with Gasteiger partial charge in [0.15, 0.2) is 11.5 Å². The van der Waals surface area contributed by atoms with Crippen LogP contribution < -0.4 is 10.1 Å². The molecule has 1 atom stereocenters. The molecule has 5 nitrogen and oxygen atoms in total. The zero-order valence-corrected chi connectivity index (χ0v) is 13.6. The molecule has 1 unspecified atom stereocenters. The zero-order chi connectivity index (χ0) is 16.9. The van der Waals surface area contributed by atoms with Crippen LogP contribution in [0, 0.1) is 0 Å². The number of methoxy groups -OCH3 is 1. The summed E-state index contributed by atoms with van der Waals surface area (Å²) in [7, 11) is 1.52. The number of aromatic hydroxyl groups is 1. The predicted octanol–water partition coefficient (Wildman–Crippen LogP) is 4.03. The number of aromatic nitrogens is 2. The number of hydrogen-bond acceptors (Lipinski definition) is 5. The fraction of sp³-hybridized carbons (Fsp3) is 0.158. The van der Waals surface area contributed by atoms with Crippen molar-refractivity contribution in [2.75, 3.05) is 12.4 Å². The monoisotopic (exact) mass is 321 g/mol. The number of phenolic OH excluding ortho intramolecular Hbond substituents is 1. The highest BCUT2D eigenvalue weighted by Crippen LogP contribution is 2.31. The van der Waals surface area contributed by atoms with E-state index in [-0.39, 0.29) is 11.8 Å².